The summed E-state index contributed by atoms with van der Waals surface area (Å²) >= 11 is 0. The van der Waals surface area contributed by atoms with Crippen LogP contribution < -0.4 is 9.47 Å². The van der Waals surface area contributed by atoms with Gasteiger partial charge in [0.15, 0.2) is 5.60 Å². The third kappa shape index (κ3) is 3.76. The SMILES string of the molecule is COc1ccc2c(c1)C(c1ccccc1)(c1ccccc1)OC(CCc1ccccc1)O2. The van der Waals surface area contributed by atoms with Crippen LogP contribution in [0, 0.1) is 0 Å². The van der Waals surface area contributed by atoms with Gasteiger partial charge in [-0.1, -0.05) is 91.0 Å². The van der Waals surface area contributed by atoms with E-state index in [1.165, 1.54) is 5.56 Å². The number of rotatable bonds is 6. The summed E-state index contributed by atoms with van der Waals surface area (Å²) in [5.41, 5.74) is 3.55. The molecule has 0 aromatic heterocycles. The minimum Gasteiger partial charge on any atom is -0.497 e. The van der Waals surface area contributed by atoms with Crippen LogP contribution in [0.3, 0.4) is 0 Å². The lowest BCUT2D eigenvalue weighted by Crippen LogP contribution is -2.43. The van der Waals surface area contributed by atoms with Crippen molar-refractivity contribution in [2.45, 2.75) is 24.7 Å². The highest BCUT2D eigenvalue weighted by Crippen LogP contribution is 2.49. The molecule has 0 saturated carbocycles. The first-order valence-corrected chi connectivity index (χ1v) is 11.0. The second-order valence-electron chi connectivity index (χ2n) is 7.96. The molecule has 1 aliphatic rings. The summed E-state index contributed by atoms with van der Waals surface area (Å²) in [4.78, 5) is 0. The molecule has 1 atom stereocenters. The van der Waals surface area contributed by atoms with Crippen LogP contribution >= 0.6 is 0 Å². The molecule has 32 heavy (non-hydrogen) atoms. The number of fused-ring (bicyclic) bond motifs is 1. The molecule has 4 aromatic rings. The van der Waals surface area contributed by atoms with E-state index < -0.39 is 11.9 Å². The van der Waals surface area contributed by atoms with Crippen LogP contribution in [0.15, 0.2) is 109 Å². The molecule has 0 aliphatic carbocycles. The molecule has 0 amide bonds. The van der Waals surface area contributed by atoms with Gasteiger partial charge >= 0.3 is 0 Å². The Morgan fingerprint density at radius 2 is 1.34 bits per heavy atom. The van der Waals surface area contributed by atoms with E-state index in [1.807, 2.05) is 36.4 Å². The van der Waals surface area contributed by atoms with Crippen LogP contribution in [0.2, 0.25) is 0 Å². The van der Waals surface area contributed by atoms with E-state index in [4.69, 9.17) is 14.2 Å². The summed E-state index contributed by atoms with van der Waals surface area (Å²) in [7, 11) is 1.68. The van der Waals surface area contributed by atoms with E-state index in [-0.39, 0.29) is 0 Å². The van der Waals surface area contributed by atoms with E-state index in [1.54, 1.807) is 7.11 Å². The first kappa shape index (κ1) is 20.3. The van der Waals surface area contributed by atoms with Crippen molar-refractivity contribution in [3.63, 3.8) is 0 Å². The molecule has 0 radical (unpaired) electrons. The lowest BCUT2D eigenvalue weighted by molar-refractivity contribution is -0.165. The number of benzene rings is 4. The monoisotopic (exact) mass is 422 g/mol. The minimum absolute atomic E-state index is 0.392. The predicted molar refractivity (Wildman–Crippen MR) is 126 cm³/mol. The van der Waals surface area contributed by atoms with Crippen molar-refractivity contribution in [2.24, 2.45) is 0 Å². The van der Waals surface area contributed by atoms with Crippen LogP contribution in [0.5, 0.6) is 11.5 Å². The topological polar surface area (TPSA) is 27.7 Å². The maximum Gasteiger partial charge on any atom is 0.201 e. The van der Waals surface area contributed by atoms with Gasteiger partial charge in [-0.3, -0.25) is 0 Å². The van der Waals surface area contributed by atoms with Crippen LogP contribution in [0.25, 0.3) is 0 Å². The Balaban J connectivity index is 1.64. The highest BCUT2D eigenvalue weighted by atomic mass is 16.7. The van der Waals surface area contributed by atoms with Crippen LogP contribution in [0.4, 0.5) is 0 Å². The van der Waals surface area contributed by atoms with Gasteiger partial charge in [-0.25, -0.2) is 0 Å². The van der Waals surface area contributed by atoms with Crippen LogP contribution in [-0.2, 0) is 16.8 Å². The van der Waals surface area contributed by atoms with Crippen molar-refractivity contribution in [1.82, 2.24) is 0 Å². The van der Waals surface area contributed by atoms with Crippen molar-refractivity contribution in [3.8, 4) is 11.5 Å². The maximum absolute atomic E-state index is 6.92. The van der Waals surface area contributed by atoms with E-state index in [2.05, 4.69) is 72.8 Å². The van der Waals surface area contributed by atoms with Crippen molar-refractivity contribution in [3.05, 3.63) is 131 Å². The largest absolute Gasteiger partial charge is 0.497 e. The fourth-order valence-electron chi connectivity index (χ4n) is 4.45. The Morgan fingerprint density at radius 3 is 1.94 bits per heavy atom. The Hall–Kier alpha value is -3.56. The second kappa shape index (κ2) is 8.89. The molecular weight excluding hydrogens is 396 g/mol. The van der Waals surface area contributed by atoms with Crippen molar-refractivity contribution < 1.29 is 14.2 Å². The number of ether oxygens (including phenoxy) is 3. The highest BCUT2D eigenvalue weighted by molar-refractivity contribution is 5.56. The quantitative estimate of drug-likeness (QED) is 0.362. The molecule has 5 rings (SSSR count). The molecule has 0 saturated heterocycles. The third-order valence-corrected chi connectivity index (χ3v) is 6.00. The Kier molecular flexibility index (Phi) is 5.66. The number of hydrogen-bond donors (Lipinski definition) is 0. The molecule has 0 N–H and O–H groups in total. The van der Waals surface area contributed by atoms with Gasteiger partial charge < -0.3 is 14.2 Å². The summed E-state index contributed by atoms with van der Waals surface area (Å²) in [6.45, 7) is 0. The fraction of sp³-hybridized carbons (Fsp3) is 0.172. The van der Waals surface area contributed by atoms with Gasteiger partial charge in [0.05, 0.1) is 7.11 Å². The number of methoxy groups -OCH3 is 1. The molecule has 0 bridgehead atoms. The van der Waals surface area contributed by atoms with Crippen LogP contribution in [-0.4, -0.2) is 13.4 Å². The van der Waals surface area contributed by atoms with E-state index in [9.17, 15) is 0 Å². The molecule has 1 aliphatic heterocycles. The summed E-state index contributed by atoms with van der Waals surface area (Å²) in [6, 6.07) is 37.2. The number of hydrogen-bond acceptors (Lipinski definition) is 3. The summed E-state index contributed by atoms with van der Waals surface area (Å²) < 4.78 is 18.9. The van der Waals surface area contributed by atoms with E-state index >= 15 is 0 Å². The molecule has 4 aromatic carbocycles. The first-order chi connectivity index (χ1) is 15.8. The summed E-state index contributed by atoms with van der Waals surface area (Å²) in [6.07, 6.45) is 1.23. The van der Waals surface area contributed by atoms with Gasteiger partial charge in [-0.15, -0.1) is 0 Å². The third-order valence-electron chi connectivity index (χ3n) is 6.00. The zero-order valence-electron chi connectivity index (χ0n) is 18.1. The first-order valence-electron chi connectivity index (χ1n) is 11.0. The summed E-state index contributed by atoms with van der Waals surface area (Å²) in [5, 5.41) is 0. The van der Waals surface area contributed by atoms with Crippen molar-refractivity contribution in [1.29, 1.82) is 0 Å². The van der Waals surface area contributed by atoms with Gasteiger partial charge in [0.25, 0.3) is 0 Å². The van der Waals surface area contributed by atoms with Gasteiger partial charge in [0, 0.05) is 12.0 Å². The normalized spacial score (nSPS) is 16.6. The Labute approximate surface area is 189 Å². The van der Waals surface area contributed by atoms with Gasteiger partial charge in [0.1, 0.15) is 11.5 Å². The average Bonchev–Trinajstić information content (AvgIpc) is 2.88. The lowest BCUT2D eigenvalue weighted by atomic mass is 9.79. The lowest BCUT2D eigenvalue weighted by Gasteiger charge is -2.43. The predicted octanol–water partition coefficient (Wildman–Crippen LogP) is 6.36. The molecule has 160 valence electrons. The fourth-order valence-corrected chi connectivity index (χ4v) is 4.45. The molecule has 3 heteroatoms. The molecular formula is C29H26O3. The van der Waals surface area contributed by atoms with E-state index in [0.29, 0.717) is 0 Å². The number of aryl methyl sites for hydroxylation is 1. The smallest absolute Gasteiger partial charge is 0.201 e. The summed E-state index contributed by atoms with van der Waals surface area (Å²) in [5.74, 6) is 1.60. The average molecular weight is 423 g/mol. The molecule has 0 fully saturated rings. The molecule has 0 spiro atoms. The maximum atomic E-state index is 6.92. The Bertz CT molecular complexity index is 1120. The van der Waals surface area contributed by atoms with Gasteiger partial charge in [-0.05, 0) is 41.3 Å². The van der Waals surface area contributed by atoms with Gasteiger partial charge in [0.2, 0.25) is 6.29 Å². The second-order valence-corrected chi connectivity index (χ2v) is 7.96. The van der Waals surface area contributed by atoms with Crippen LogP contribution in [0.1, 0.15) is 28.7 Å². The van der Waals surface area contributed by atoms with E-state index in [0.717, 1.165) is 41.0 Å². The zero-order valence-corrected chi connectivity index (χ0v) is 18.1. The molecule has 1 unspecified atom stereocenters. The minimum atomic E-state index is -0.800. The Morgan fingerprint density at radius 1 is 0.750 bits per heavy atom. The van der Waals surface area contributed by atoms with Crippen molar-refractivity contribution in [2.75, 3.05) is 7.11 Å². The molecule has 3 nitrogen and oxygen atoms in total. The highest BCUT2D eigenvalue weighted by Gasteiger charge is 2.46. The van der Waals surface area contributed by atoms with Gasteiger partial charge in [-0.2, -0.15) is 0 Å². The molecule has 1 heterocycles. The van der Waals surface area contributed by atoms with Crippen molar-refractivity contribution >= 4 is 0 Å². The standard InChI is InChI=1S/C29H26O3/c1-30-25-18-19-27-26(21-25)29(23-13-7-3-8-14-23,24-15-9-4-10-16-24)32-28(31-27)20-17-22-11-5-2-6-12-22/h2-16,18-19,21,28H,17,20H2,1H3. The zero-order chi connectivity index (χ0) is 21.8.